The minimum atomic E-state index is -4.69. The number of aryl methyl sites for hydroxylation is 2. The SMILES string of the molecule is CN1CCC(N(c2cnn(CC#N)c2)S(=O)(=O)[NH+]([O-])C(=O)Nc2c3c(cc4c2CCC4)CCC3)CC1. The molecule has 11 nitrogen and oxygen atoms in total. The number of benzene rings is 1. The Morgan fingerprint density at radius 1 is 1.22 bits per heavy atom. The molecule has 1 aromatic heterocycles. The number of hydroxylamine groups is 1. The van der Waals surface area contributed by atoms with Crippen molar-refractivity contribution in [1.29, 1.82) is 5.26 Å². The Morgan fingerprint density at radius 2 is 1.86 bits per heavy atom. The number of carbonyl (C=O) groups excluding carboxylic acids is 1. The van der Waals surface area contributed by atoms with Crippen LogP contribution in [-0.4, -0.2) is 55.3 Å². The molecule has 0 bridgehead atoms. The van der Waals surface area contributed by atoms with E-state index in [1.54, 1.807) is 0 Å². The van der Waals surface area contributed by atoms with Gasteiger partial charge >= 0.3 is 16.2 Å². The molecule has 2 N–H and O–H groups in total. The lowest BCUT2D eigenvalue weighted by Crippen LogP contribution is -3.14. The summed E-state index contributed by atoms with van der Waals surface area (Å²) in [6, 6.07) is 2.55. The minimum absolute atomic E-state index is 0.0556. The van der Waals surface area contributed by atoms with Crippen molar-refractivity contribution < 1.29 is 17.7 Å². The monoisotopic (exact) mass is 513 g/mol. The molecule has 1 aliphatic heterocycles. The molecule has 192 valence electrons. The van der Waals surface area contributed by atoms with Crippen LogP contribution >= 0.6 is 0 Å². The number of quaternary nitrogens is 1. The van der Waals surface area contributed by atoms with Gasteiger partial charge in [-0.2, -0.15) is 23.2 Å². The van der Waals surface area contributed by atoms with E-state index in [0.717, 1.165) is 54.0 Å². The van der Waals surface area contributed by atoms with Gasteiger partial charge in [-0.15, -0.1) is 0 Å². The van der Waals surface area contributed by atoms with E-state index in [1.807, 2.05) is 13.1 Å². The van der Waals surface area contributed by atoms with E-state index < -0.39 is 26.8 Å². The Bertz CT molecular complexity index is 1280. The Hall–Kier alpha value is -2.98. The highest BCUT2D eigenvalue weighted by Crippen LogP contribution is 2.38. The molecular weight excluding hydrogens is 482 g/mol. The summed E-state index contributed by atoms with van der Waals surface area (Å²) in [5, 5.41) is 29.1. The van der Waals surface area contributed by atoms with Gasteiger partial charge in [0, 0.05) is 0 Å². The number of likely N-dealkylation sites (tertiary alicyclic amines) is 1. The van der Waals surface area contributed by atoms with Crippen molar-refractivity contribution in [3.8, 4) is 6.07 Å². The molecule has 2 aromatic rings. The summed E-state index contributed by atoms with van der Waals surface area (Å²) in [5.41, 5.74) is 5.23. The Labute approximate surface area is 211 Å². The molecule has 0 radical (unpaired) electrons. The summed E-state index contributed by atoms with van der Waals surface area (Å²) in [4.78, 5) is 15.3. The highest BCUT2D eigenvalue weighted by molar-refractivity contribution is 7.86. The fourth-order valence-corrected chi connectivity index (χ4v) is 7.18. The number of urea groups is 1. The third-order valence-corrected chi connectivity index (χ3v) is 9.20. The zero-order valence-electron chi connectivity index (χ0n) is 20.4. The van der Waals surface area contributed by atoms with Crippen molar-refractivity contribution in [2.45, 2.75) is 64.0 Å². The number of nitriles is 1. The maximum atomic E-state index is 13.7. The summed E-state index contributed by atoms with van der Waals surface area (Å²) < 4.78 is 28.2. The fraction of sp³-hybridized carbons (Fsp3) is 0.542. The topological polar surface area (TPSA) is 139 Å². The van der Waals surface area contributed by atoms with Crippen molar-refractivity contribution in [3.63, 3.8) is 0 Å². The molecule has 2 aliphatic carbocycles. The fourth-order valence-electron chi connectivity index (χ4n) is 5.74. The lowest BCUT2D eigenvalue weighted by atomic mass is 9.99. The molecule has 0 saturated carbocycles. The number of rotatable bonds is 6. The first-order valence-electron chi connectivity index (χ1n) is 12.4. The molecule has 3 aliphatic rings. The van der Waals surface area contributed by atoms with Crippen molar-refractivity contribution >= 4 is 27.6 Å². The zero-order valence-corrected chi connectivity index (χ0v) is 21.2. The first-order valence-corrected chi connectivity index (χ1v) is 13.9. The third kappa shape index (κ3) is 4.48. The summed E-state index contributed by atoms with van der Waals surface area (Å²) in [6.45, 7) is 1.26. The Morgan fingerprint density at radius 3 is 2.47 bits per heavy atom. The summed E-state index contributed by atoms with van der Waals surface area (Å²) in [6.07, 6.45) is 9.19. The molecule has 1 atom stereocenters. The van der Waals surface area contributed by atoms with Crippen molar-refractivity contribution in [1.82, 2.24) is 14.7 Å². The van der Waals surface area contributed by atoms with Crippen LogP contribution in [0.2, 0.25) is 0 Å². The maximum Gasteiger partial charge on any atom is 0.436 e. The number of carbonyl (C=O) groups is 1. The molecule has 1 saturated heterocycles. The van der Waals surface area contributed by atoms with Gasteiger partial charge in [-0.3, -0.25) is 10.00 Å². The number of aromatic nitrogens is 2. The van der Waals surface area contributed by atoms with Crippen LogP contribution in [0.1, 0.15) is 47.9 Å². The van der Waals surface area contributed by atoms with Crippen LogP contribution in [-0.2, 0) is 42.4 Å². The second kappa shape index (κ2) is 9.82. The maximum absolute atomic E-state index is 13.7. The normalized spacial score (nSPS) is 18.9. The van der Waals surface area contributed by atoms with Gasteiger partial charge < -0.3 is 10.1 Å². The van der Waals surface area contributed by atoms with Crippen LogP contribution in [0.3, 0.4) is 0 Å². The lowest BCUT2D eigenvalue weighted by Gasteiger charge is -2.37. The predicted molar refractivity (Wildman–Crippen MR) is 134 cm³/mol. The largest absolute Gasteiger partial charge is 0.608 e. The van der Waals surface area contributed by atoms with Crippen LogP contribution < -0.4 is 14.1 Å². The summed E-state index contributed by atoms with van der Waals surface area (Å²) >= 11 is 0. The number of piperidine rings is 1. The van der Waals surface area contributed by atoms with E-state index in [9.17, 15) is 18.4 Å². The highest BCUT2D eigenvalue weighted by atomic mass is 32.2. The smallest absolute Gasteiger partial charge is 0.436 e. The van der Waals surface area contributed by atoms with Gasteiger partial charge in [-0.25, -0.2) is 9.10 Å². The summed E-state index contributed by atoms with van der Waals surface area (Å²) in [5.74, 6) is 0. The minimum Gasteiger partial charge on any atom is -0.608 e. The molecular formula is C24H31N7O4S. The molecule has 5 rings (SSSR count). The number of nitrogens with one attached hydrogen (secondary N) is 2. The van der Waals surface area contributed by atoms with Gasteiger partial charge in [0.2, 0.25) is 0 Å². The molecule has 12 heteroatoms. The number of hydrogen-bond acceptors (Lipinski definition) is 7. The average Bonchev–Trinajstić information content (AvgIpc) is 3.61. The van der Waals surface area contributed by atoms with E-state index in [-0.39, 0.29) is 12.2 Å². The van der Waals surface area contributed by atoms with Gasteiger partial charge in [-0.05, 0) is 93.8 Å². The van der Waals surface area contributed by atoms with Gasteiger partial charge in [0.25, 0.3) is 0 Å². The van der Waals surface area contributed by atoms with E-state index in [4.69, 9.17) is 5.26 Å². The van der Waals surface area contributed by atoms with Crippen molar-refractivity contribution in [3.05, 3.63) is 45.9 Å². The zero-order chi connectivity index (χ0) is 25.4. The van der Waals surface area contributed by atoms with Crippen molar-refractivity contribution in [2.75, 3.05) is 29.8 Å². The lowest BCUT2D eigenvalue weighted by molar-refractivity contribution is -0.604. The van der Waals surface area contributed by atoms with Gasteiger partial charge in [-0.1, -0.05) is 6.07 Å². The predicted octanol–water partition coefficient (Wildman–Crippen LogP) is 1.14. The van der Waals surface area contributed by atoms with Gasteiger partial charge in [0.05, 0.1) is 35.9 Å². The van der Waals surface area contributed by atoms with E-state index in [1.165, 1.54) is 28.2 Å². The number of amides is 2. The van der Waals surface area contributed by atoms with Crippen LogP contribution in [0.5, 0.6) is 0 Å². The molecule has 1 aromatic carbocycles. The number of fused-ring (bicyclic) bond motifs is 2. The Balaban J connectivity index is 1.45. The number of anilines is 2. The highest BCUT2D eigenvalue weighted by Gasteiger charge is 2.41. The molecule has 1 fully saturated rings. The number of nitrogens with zero attached hydrogens (tertiary/aromatic N) is 5. The molecule has 2 amide bonds. The second-order valence-electron chi connectivity index (χ2n) is 9.87. The molecule has 1 unspecified atom stereocenters. The Kier molecular flexibility index (Phi) is 6.74. The van der Waals surface area contributed by atoms with Crippen LogP contribution in [0.4, 0.5) is 16.2 Å². The molecule has 0 spiro atoms. The average molecular weight is 514 g/mol. The first-order chi connectivity index (χ1) is 17.3. The quantitative estimate of drug-likeness (QED) is 0.552. The standard InChI is InChI=1S/C24H31N7O4S/c1-28-11-8-19(9-12-28)30(20-15-26-29(16-20)13-10-25)36(34,35)31(33)24(32)27-23-21-6-2-4-17(21)14-18-5-3-7-22(18)23/h14-16,19,31H,2-9,11-13H2,1H3,(H,27,32). The van der Waals surface area contributed by atoms with Gasteiger partial charge in [0.1, 0.15) is 6.54 Å². The second-order valence-corrected chi connectivity index (χ2v) is 11.6. The summed E-state index contributed by atoms with van der Waals surface area (Å²) in [7, 11) is -2.74. The first kappa shape index (κ1) is 24.7. The van der Waals surface area contributed by atoms with Crippen LogP contribution in [0.15, 0.2) is 18.5 Å². The van der Waals surface area contributed by atoms with Crippen molar-refractivity contribution in [2.24, 2.45) is 0 Å². The van der Waals surface area contributed by atoms with Crippen LogP contribution in [0.25, 0.3) is 0 Å². The van der Waals surface area contributed by atoms with Gasteiger partial charge in [0.15, 0.2) is 0 Å². The van der Waals surface area contributed by atoms with E-state index in [0.29, 0.717) is 31.6 Å². The van der Waals surface area contributed by atoms with Crippen LogP contribution in [0, 0.1) is 16.5 Å². The van der Waals surface area contributed by atoms with E-state index >= 15 is 0 Å². The van der Waals surface area contributed by atoms with E-state index in [2.05, 4.69) is 21.4 Å². The molecule has 36 heavy (non-hydrogen) atoms. The third-order valence-electron chi connectivity index (χ3n) is 7.52. The molecule has 2 heterocycles. The number of hydrogen-bond donors (Lipinski definition) is 2.